The average molecular weight is 389 g/mol. The van der Waals surface area contributed by atoms with Gasteiger partial charge in [-0.25, -0.2) is 0 Å². The third-order valence-corrected chi connectivity index (χ3v) is 6.51. The molecule has 0 aliphatic heterocycles. The van der Waals surface area contributed by atoms with E-state index in [9.17, 15) is 0 Å². The van der Waals surface area contributed by atoms with Gasteiger partial charge in [-0.1, -0.05) is 66.7 Å². The molecule has 2 nitrogen and oxygen atoms in total. The molecule has 0 amide bonds. The summed E-state index contributed by atoms with van der Waals surface area (Å²) in [6, 6.07) is 31.2. The van der Waals surface area contributed by atoms with Crippen LogP contribution in [0.5, 0.6) is 0 Å². The zero-order valence-corrected chi connectivity index (χ0v) is 17.4. The average Bonchev–Trinajstić information content (AvgIpc) is 3.30. The number of aromatic nitrogens is 2. The van der Waals surface area contributed by atoms with E-state index < -0.39 is 0 Å². The Kier molecular flexibility index (Phi) is 3.76. The summed E-state index contributed by atoms with van der Waals surface area (Å²) in [4.78, 5) is 0. The molecular weight excluding hydrogens is 364 g/mol. The van der Waals surface area contributed by atoms with Gasteiger partial charge in [0.2, 0.25) is 0 Å². The summed E-state index contributed by atoms with van der Waals surface area (Å²) in [6.45, 7) is 6.39. The molecule has 0 atom stereocenters. The van der Waals surface area contributed by atoms with Crippen molar-refractivity contribution >= 4 is 43.6 Å². The summed E-state index contributed by atoms with van der Waals surface area (Å²) in [5.74, 6) is 0. The molecule has 146 valence electrons. The molecule has 6 aromatic rings. The highest BCUT2D eigenvalue weighted by molar-refractivity contribution is 6.14. The third kappa shape index (κ3) is 2.25. The van der Waals surface area contributed by atoms with Crippen LogP contribution in [-0.2, 0) is 13.1 Å². The molecule has 0 saturated carbocycles. The Hall–Kier alpha value is -3.52. The number of hydrogen-bond acceptors (Lipinski definition) is 0. The number of rotatable bonds is 3. The topological polar surface area (TPSA) is 9.86 Å². The van der Waals surface area contributed by atoms with Crippen molar-refractivity contribution in [3.8, 4) is 11.1 Å². The van der Waals surface area contributed by atoms with Crippen LogP contribution in [0.25, 0.3) is 54.7 Å². The highest BCUT2D eigenvalue weighted by Crippen LogP contribution is 2.38. The maximum atomic E-state index is 2.46. The molecule has 30 heavy (non-hydrogen) atoms. The normalized spacial score (nSPS) is 11.9. The summed E-state index contributed by atoms with van der Waals surface area (Å²) in [6.07, 6.45) is 0. The fraction of sp³-hybridized carbons (Fsp3) is 0.143. The Balaban J connectivity index is 1.71. The molecule has 0 N–H and O–H groups in total. The van der Waals surface area contributed by atoms with Gasteiger partial charge < -0.3 is 9.13 Å². The van der Waals surface area contributed by atoms with Crippen LogP contribution < -0.4 is 0 Å². The van der Waals surface area contributed by atoms with E-state index in [1.807, 2.05) is 0 Å². The van der Waals surface area contributed by atoms with Crippen LogP contribution in [-0.4, -0.2) is 9.13 Å². The Morgan fingerprint density at radius 3 is 1.87 bits per heavy atom. The van der Waals surface area contributed by atoms with E-state index in [-0.39, 0.29) is 0 Å². The molecule has 6 rings (SSSR count). The van der Waals surface area contributed by atoms with Crippen LogP contribution in [0.1, 0.15) is 13.8 Å². The number of benzene rings is 4. The van der Waals surface area contributed by atoms with Gasteiger partial charge >= 0.3 is 0 Å². The van der Waals surface area contributed by atoms with Crippen LogP contribution >= 0.6 is 0 Å². The lowest BCUT2D eigenvalue weighted by Gasteiger charge is -2.10. The van der Waals surface area contributed by atoms with Crippen molar-refractivity contribution in [1.82, 2.24) is 9.13 Å². The number of hydrogen-bond donors (Lipinski definition) is 0. The van der Waals surface area contributed by atoms with Gasteiger partial charge in [0.25, 0.3) is 0 Å². The van der Waals surface area contributed by atoms with E-state index in [0.29, 0.717) is 0 Å². The van der Waals surface area contributed by atoms with Gasteiger partial charge in [0.15, 0.2) is 0 Å². The fourth-order valence-corrected chi connectivity index (χ4v) is 5.23. The Morgan fingerprint density at radius 2 is 1.13 bits per heavy atom. The summed E-state index contributed by atoms with van der Waals surface area (Å²) in [7, 11) is 0. The molecule has 2 aromatic heterocycles. The number of nitrogens with zero attached hydrogens (tertiary/aromatic N) is 2. The molecule has 0 aliphatic carbocycles. The highest BCUT2D eigenvalue weighted by atomic mass is 15.0. The monoisotopic (exact) mass is 388 g/mol. The minimum atomic E-state index is 0.957. The van der Waals surface area contributed by atoms with E-state index in [1.165, 1.54) is 54.7 Å². The molecule has 0 radical (unpaired) electrons. The quantitative estimate of drug-likeness (QED) is 0.295. The van der Waals surface area contributed by atoms with E-state index in [1.54, 1.807) is 0 Å². The molecule has 0 fully saturated rings. The number of para-hydroxylation sites is 3. The van der Waals surface area contributed by atoms with E-state index >= 15 is 0 Å². The minimum Gasteiger partial charge on any atom is -0.341 e. The van der Waals surface area contributed by atoms with Crippen LogP contribution in [0.3, 0.4) is 0 Å². The van der Waals surface area contributed by atoms with E-state index in [0.717, 1.165) is 13.1 Å². The summed E-state index contributed by atoms with van der Waals surface area (Å²) < 4.78 is 4.89. The molecule has 0 bridgehead atoms. The van der Waals surface area contributed by atoms with Gasteiger partial charge in [-0.3, -0.25) is 0 Å². The fourth-order valence-electron chi connectivity index (χ4n) is 5.23. The van der Waals surface area contributed by atoms with Gasteiger partial charge in [-0.15, -0.1) is 0 Å². The highest BCUT2D eigenvalue weighted by Gasteiger charge is 2.15. The largest absolute Gasteiger partial charge is 0.341 e. The van der Waals surface area contributed by atoms with Gasteiger partial charge in [0.05, 0.1) is 5.52 Å². The van der Waals surface area contributed by atoms with E-state index in [4.69, 9.17) is 0 Å². The lowest BCUT2D eigenvalue weighted by atomic mass is 10.0. The maximum Gasteiger partial charge on any atom is 0.0570 e. The number of fused-ring (bicyclic) bond motifs is 6. The Morgan fingerprint density at radius 1 is 0.533 bits per heavy atom. The predicted molar refractivity (Wildman–Crippen MR) is 129 cm³/mol. The van der Waals surface area contributed by atoms with Crippen molar-refractivity contribution in [3.05, 3.63) is 84.9 Å². The van der Waals surface area contributed by atoms with Crippen LogP contribution in [0.15, 0.2) is 84.9 Å². The van der Waals surface area contributed by atoms with Crippen LogP contribution in [0.2, 0.25) is 0 Å². The lowest BCUT2D eigenvalue weighted by Crippen LogP contribution is -1.96. The first kappa shape index (κ1) is 17.3. The molecule has 2 heteroatoms. The zero-order chi connectivity index (χ0) is 20.2. The maximum absolute atomic E-state index is 2.46. The summed E-state index contributed by atoms with van der Waals surface area (Å²) >= 11 is 0. The lowest BCUT2D eigenvalue weighted by molar-refractivity contribution is 0.826. The molecule has 0 saturated heterocycles. The first-order chi connectivity index (χ1) is 14.8. The second kappa shape index (κ2) is 6.50. The van der Waals surface area contributed by atoms with Gasteiger partial charge in [-0.2, -0.15) is 0 Å². The van der Waals surface area contributed by atoms with Gasteiger partial charge in [-0.05, 0) is 37.6 Å². The second-order valence-corrected chi connectivity index (χ2v) is 7.96. The molecule has 2 heterocycles. The zero-order valence-electron chi connectivity index (χ0n) is 17.4. The van der Waals surface area contributed by atoms with Crippen LogP contribution in [0.4, 0.5) is 0 Å². The van der Waals surface area contributed by atoms with Crippen LogP contribution in [0, 0.1) is 0 Å². The minimum absolute atomic E-state index is 0.957. The summed E-state index contributed by atoms with van der Waals surface area (Å²) in [5, 5.41) is 5.34. The van der Waals surface area contributed by atoms with Crippen molar-refractivity contribution in [3.63, 3.8) is 0 Å². The number of aryl methyl sites for hydroxylation is 2. The molecule has 0 unspecified atom stereocenters. The van der Waals surface area contributed by atoms with Crippen molar-refractivity contribution < 1.29 is 0 Å². The van der Waals surface area contributed by atoms with Crippen molar-refractivity contribution in [1.29, 1.82) is 0 Å². The Labute approximate surface area is 176 Å². The third-order valence-electron chi connectivity index (χ3n) is 6.51. The Bertz CT molecular complexity index is 1560. The molecular formula is C28H24N2. The smallest absolute Gasteiger partial charge is 0.0570 e. The standard InChI is InChI=1S/C28H24N2/c1-3-29-25-14-7-5-10-21(25)23-17-16-19(18-27(23)29)20-12-9-13-24-22-11-6-8-15-26(22)30(4-2)28(20)24/h5-18H,3-4H2,1-2H3. The first-order valence-corrected chi connectivity index (χ1v) is 10.8. The predicted octanol–water partition coefficient (Wildman–Crippen LogP) is 7.61. The van der Waals surface area contributed by atoms with Crippen molar-refractivity contribution in [2.75, 3.05) is 0 Å². The SMILES string of the molecule is CCn1c2ccccc2c2ccc(-c3cccc4c5ccccc5n(CC)c34)cc21. The van der Waals surface area contributed by atoms with Gasteiger partial charge in [0.1, 0.15) is 0 Å². The summed E-state index contributed by atoms with van der Waals surface area (Å²) in [5.41, 5.74) is 7.86. The van der Waals surface area contributed by atoms with Crippen molar-refractivity contribution in [2.45, 2.75) is 26.9 Å². The molecule has 4 aromatic carbocycles. The van der Waals surface area contributed by atoms with Crippen molar-refractivity contribution in [2.24, 2.45) is 0 Å². The second-order valence-electron chi connectivity index (χ2n) is 7.96. The first-order valence-electron chi connectivity index (χ1n) is 10.8. The molecule has 0 aliphatic rings. The molecule has 0 spiro atoms. The van der Waals surface area contributed by atoms with E-state index in [2.05, 4.69) is 108 Å². The van der Waals surface area contributed by atoms with Gasteiger partial charge in [0, 0.05) is 56.7 Å².